The zero-order chi connectivity index (χ0) is 19.5. The van der Waals surface area contributed by atoms with Crippen LogP contribution >= 0.6 is 0 Å². The summed E-state index contributed by atoms with van der Waals surface area (Å²) in [6.07, 6.45) is -0.806. The first kappa shape index (κ1) is 22.1. The number of carbonyl (C=O) groups is 4. The molecule has 0 saturated heterocycles. The second-order valence-corrected chi connectivity index (χ2v) is 4.90. The minimum atomic E-state index is -1.41. The predicted molar refractivity (Wildman–Crippen MR) is 86.9 cm³/mol. The lowest BCUT2D eigenvalue weighted by Gasteiger charge is -2.25. The van der Waals surface area contributed by atoms with E-state index in [-0.39, 0.29) is 13.2 Å². The van der Waals surface area contributed by atoms with Crippen LogP contribution in [0.5, 0.6) is 0 Å². The topological polar surface area (TPSA) is 127 Å². The molecular formula is C17H22O8. The van der Waals surface area contributed by atoms with E-state index in [2.05, 4.69) is 0 Å². The molecule has 0 aliphatic carbocycles. The molecule has 1 rings (SSSR count). The third-order valence-electron chi connectivity index (χ3n) is 3.02. The van der Waals surface area contributed by atoms with Crippen molar-refractivity contribution in [2.75, 3.05) is 13.2 Å². The molecule has 2 N–H and O–H groups in total. The van der Waals surface area contributed by atoms with Gasteiger partial charge in [0, 0.05) is 0 Å². The Morgan fingerprint density at radius 3 is 1.56 bits per heavy atom. The summed E-state index contributed by atoms with van der Waals surface area (Å²) in [5.41, 5.74) is -0.838. The van der Waals surface area contributed by atoms with E-state index < -0.39 is 35.7 Å². The van der Waals surface area contributed by atoms with Gasteiger partial charge in [0.15, 0.2) is 5.41 Å². The maximum atomic E-state index is 12.1. The van der Waals surface area contributed by atoms with E-state index in [1.165, 1.54) is 6.92 Å². The van der Waals surface area contributed by atoms with Crippen molar-refractivity contribution in [1.82, 2.24) is 0 Å². The summed E-state index contributed by atoms with van der Waals surface area (Å²) in [5.74, 6) is -3.80. The van der Waals surface area contributed by atoms with E-state index in [1.54, 1.807) is 38.1 Å². The molecular weight excluding hydrogens is 332 g/mol. The van der Waals surface area contributed by atoms with Gasteiger partial charge in [-0.25, -0.2) is 0 Å². The lowest BCUT2D eigenvalue weighted by Crippen LogP contribution is -2.43. The van der Waals surface area contributed by atoms with Crippen molar-refractivity contribution in [1.29, 1.82) is 0 Å². The van der Waals surface area contributed by atoms with Gasteiger partial charge in [-0.2, -0.15) is 0 Å². The number of ether oxygens (including phenoxy) is 2. The van der Waals surface area contributed by atoms with E-state index in [9.17, 15) is 19.2 Å². The molecule has 0 aromatic heterocycles. The van der Waals surface area contributed by atoms with Gasteiger partial charge in [-0.3, -0.25) is 19.2 Å². The van der Waals surface area contributed by atoms with Crippen LogP contribution < -0.4 is 0 Å². The van der Waals surface area contributed by atoms with E-state index in [1.807, 2.05) is 6.07 Å². The Bertz CT molecular complexity index is 564. The van der Waals surface area contributed by atoms with Gasteiger partial charge in [0.1, 0.15) is 6.42 Å². The number of hydrogen-bond acceptors (Lipinski definition) is 6. The van der Waals surface area contributed by atoms with Crippen LogP contribution in [0.15, 0.2) is 30.3 Å². The molecule has 0 fully saturated rings. The Morgan fingerprint density at radius 1 is 0.880 bits per heavy atom. The minimum Gasteiger partial charge on any atom is -0.481 e. The van der Waals surface area contributed by atoms with Crippen molar-refractivity contribution in [3.05, 3.63) is 35.9 Å². The number of carbonyl (C=O) groups excluding carboxylic acids is 2. The first-order chi connectivity index (χ1) is 11.7. The molecule has 1 aromatic carbocycles. The van der Waals surface area contributed by atoms with E-state index >= 15 is 0 Å². The van der Waals surface area contributed by atoms with Gasteiger partial charge in [0.2, 0.25) is 0 Å². The first-order valence-electron chi connectivity index (χ1n) is 7.53. The smallest absolute Gasteiger partial charge is 0.327 e. The molecule has 0 heterocycles. The maximum absolute atomic E-state index is 12.1. The van der Waals surface area contributed by atoms with Gasteiger partial charge in [-0.15, -0.1) is 0 Å². The monoisotopic (exact) mass is 354 g/mol. The highest BCUT2D eigenvalue weighted by Crippen LogP contribution is 2.27. The summed E-state index contributed by atoms with van der Waals surface area (Å²) in [7, 11) is 0. The summed E-state index contributed by atoms with van der Waals surface area (Å²) in [6, 6.07) is 8.79. The van der Waals surface area contributed by atoms with Crippen LogP contribution in [0.1, 0.15) is 32.8 Å². The molecule has 0 spiro atoms. The normalized spacial score (nSPS) is 10.0. The molecule has 0 atom stereocenters. The Hall–Kier alpha value is -2.90. The summed E-state index contributed by atoms with van der Waals surface area (Å²) in [6.45, 7) is 5.38. The molecule has 25 heavy (non-hydrogen) atoms. The summed E-state index contributed by atoms with van der Waals surface area (Å²) in [5, 5.41) is 15.4. The van der Waals surface area contributed by atoms with Gasteiger partial charge in [0.25, 0.3) is 0 Å². The predicted octanol–water partition coefficient (Wildman–Crippen LogP) is 1.62. The molecule has 0 amide bonds. The fourth-order valence-corrected chi connectivity index (χ4v) is 1.77. The number of benzene rings is 1. The molecule has 138 valence electrons. The van der Waals surface area contributed by atoms with Crippen LogP contribution in [0.4, 0.5) is 0 Å². The fraction of sp³-hybridized carbons (Fsp3) is 0.412. The largest absolute Gasteiger partial charge is 0.481 e. The van der Waals surface area contributed by atoms with Gasteiger partial charge in [-0.1, -0.05) is 30.3 Å². The van der Waals surface area contributed by atoms with E-state index in [4.69, 9.17) is 19.7 Å². The summed E-state index contributed by atoms with van der Waals surface area (Å²) >= 11 is 0. The molecule has 1 aromatic rings. The zero-order valence-electron chi connectivity index (χ0n) is 14.4. The third kappa shape index (κ3) is 7.03. The number of carboxylic acids is 2. The van der Waals surface area contributed by atoms with Crippen LogP contribution in [-0.2, 0) is 34.1 Å². The van der Waals surface area contributed by atoms with Gasteiger partial charge < -0.3 is 19.7 Å². The van der Waals surface area contributed by atoms with Gasteiger partial charge >= 0.3 is 23.9 Å². The molecule has 8 nitrogen and oxygen atoms in total. The Morgan fingerprint density at radius 2 is 1.28 bits per heavy atom. The quantitative estimate of drug-likeness (QED) is 0.558. The lowest BCUT2D eigenvalue weighted by molar-refractivity contribution is -0.164. The van der Waals surface area contributed by atoms with Crippen molar-refractivity contribution in [3.8, 4) is 0 Å². The molecule has 0 bridgehead atoms. The highest BCUT2D eigenvalue weighted by Gasteiger charge is 2.45. The highest BCUT2D eigenvalue weighted by atomic mass is 16.6. The SMILES string of the molecule is CCOC(=O)C(C)(C(=O)OCC)c1ccccc1.O=C(O)CC(=O)O. The molecule has 0 unspecified atom stereocenters. The van der Waals surface area contributed by atoms with Gasteiger partial charge in [-0.05, 0) is 26.3 Å². The van der Waals surface area contributed by atoms with Crippen LogP contribution in [-0.4, -0.2) is 47.3 Å². The molecule has 8 heteroatoms. The lowest BCUT2D eigenvalue weighted by atomic mass is 9.82. The van der Waals surface area contributed by atoms with Crippen LogP contribution in [0.2, 0.25) is 0 Å². The number of carboxylic acid groups (broad SMARTS) is 2. The zero-order valence-corrected chi connectivity index (χ0v) is 14.4. The van der Waals surface area contributed by atoms with Crippen molar-refractivity contribution >= 4 is 23.9 Å². The summed E-state index contributed by atoms with van der Waals surface area (Å²) < 4.78 is 9.98. The minimum absolute atomic E-state index is 0.223. The standard InChI is InChI=1S/C14H18O4.C3H4O4/c1-4-17-12(15)14(3,13(16)18-5-2)11-9-7-6-8-10-11;4-2(5)1-3(6)7/h6-10H,4-5H2,1-3H3;1H2,(H,4,5)(H,6,7). The number of rotatable bonds is 7. The molecule has 0 aliphatic heterocycles. The Labute approximate surface area is 145 Å². The van der Waals surface area contributed by atoms with Crippen LogP contribution in [0.25, 0.3) is 0 Å². The molecule has 0 aliphatic rings. The van der Waals surface area contributed by atoms with Crippen molar-refractivity contribution < 1.29 is 38.9 Å². The fourth-order valence-electron chi connectivity index (χ4n) is 1.77. The Balaban J connectivity index is 0.000000697. The van der Waals surface area contributed by atoms with Crippen molar-refractivity contribution in [2.45, 2.75) is 32.6 Å². The second-order valence-electron chi connectivity index (χ2n) is 4.90. The van der Waals surface area contributed by atoms with Crippen molar-refractivity contribution in [2.24, 2.45) is 0 Å². The van der Waals surface area contributed by atoms with Crippen LogP contribution in [0.3, 0.4) is 0 Å². The van der Waals surface area contributed by atoms with Crippen molar-refractivity contribution in [3.63, 3.8) is 0 Å². The highest BCUT2D eigenvalue weighted by molar-refractivity contribution is 6.05. The second kappa shape index (κ2) is 10.8. The Kier molecular flexibility index (Phi) is 9.54. The third-order valence-corrected chi connectivity index (χ3v) is 3.02. The molecule has 0 saturated carbocycles. The van der Waals surface area contributed by atoms with Gasteiger partial charge in [0.05, 0.1) is 13.2 Å². The number of esters is 2. The summed E-state index contributed by atoms with van der Waals surface area (Å²) in [4.78, 5) is 43.0. The average Bonchev–Trinajstić information content (AvgIpc) is 2.54. The first-order valence-corrected chi connectivity index (χ1v) is 7.53. The number of hydrogen-bond donors (Lipinski definition) is 2. The van der Waals surface area contributed by atoms with E-state index in [0.717, 1.165) is 0 Å². The van der Waals surface area contributed by atoms with E-state index in [0.29, 0.717) is 5.56 Å². The average molecular weight is 354 g/mol. The van der Waals surface area contributed by atoms with Crippen LogP contribution in [0, 0.1) is 0 Å². The number of aliphatic carboxylic acids is 2. The maximum Gasteiger partial charge on any atom is 0.327 e. The molecule has 0 radical (unpaired) electrons.